The molecule has 8 heteroatoms. The summed E-state index contributed by atoms with van der Waals surface area (Å²) in [6, 6.07) is 21.2. The maximum absolute atomic E-state index is 13.0. The zero-order chi connectivity index (χ0) is 23.5. The Morgan fingerprint density at radius 3 is 2.56 bits per heavy atom. The number of anilines is 3. The monoisotopic (exact) mass is 454 g/mol. The van der Waals surface area contributed by atoms with E-state index in [0.29, 0.717) is 36.5 Å². The van der Waals surface area contributed by atoms with Crippen LogP contribution in [0.25, 0.3) is 11.3 Å². The summed E-state index contributed by atoms with van der Waals surface area (Å²) in [4.78, 5) is 29.0. The molecule has 172 valence electrons. The Kier molecular flexibility index (Phi) is 5.95. The smallest absolute Gasteiger partial charge is 0.255 e. The van der Waals surface area contributed by atoms with Crippen LogP contribution in [0.2, 0.25) is 0 Å². The second kappa shape index (κ2) is 9.35. The van der Waals surface area contributed by atoms with Gasteiger partial charge < -0.3 is 10.1 Å². The third-order valence-electron chi connectivity index (χ3n) is 5.94. The van der Waals surface area contributed by atoms with Crippen molar-refractivity contribution in [3.05, 3.63) is 88.8 Å². The second-order valence-corrected chi connectivity index (χ2v) is 8.18. The Hall–Kier alpha value is -4.20. The molecule has 34 heavy (non-hydrogen) atoms. The van der Waals surface area contributed by atoms with Crippen molar-refractivity contribution < 1.29 is 4.74 Å². The summed E-state index contributed by atoms with van der Waals surface area (Å²) in [6.45, 7) is 3.41. The zero-order valence-corrected chi connectivity index (χ0v) is 19.2. The van der Waals surface area contributed by atoms with Gasteiger partial charge in [0.15, 0.2) is 0 Å². The molecule has 1 N–H and O–H groups in total. The number of hydrogen-bond donors (Lipinski definition) is 1. The predicted molar refractivity (Wildman–Crippen MR) is 133 cm³/mol. The van der Waals surface area contributed by atoms with Crippen LogP contribution >= 0.6 is 0 Å². The summed E-state index contributed by atoms with van der Waals surface area (Å²) in [5, 5.41) is 3.37. The molecule has 2 aromatic heterocycles. The highest BCUT2D eigenvalue weighted by molar-refractivity contribution is 5.64. The first kappa shape index (κ1) is 21.6. The van der Waals surface area contributed by atoms with Crippen molar-refractivity contribution in [3.8, 4) is 17.0 Å². The lowest BCUT2D eigenvalue weighted by atomic mass is 10.1. The van der Waals surface area contributed by atoms with E-state index in [-0.39, 0.29) is 11.6 Å². The predicted octanol–water partition coefficient (Wildman–Crippen LogP) is 4.42. The largest absolute Gasteiger partial charge is 0.497 e. The Labute approximate surface area is 197 Å². The van der Waals surface area contributed by atoms with Crippen molar-refractivity contribution in [2.24, 2.45) is 0 Å². The highest BCUT2D eigenvalue weighted by atomic mass is 16.5. The summed E-state index contributed by atoms with van der Waals surface area (Å²) in [5.41, 5.74) is 2.55. The summed E-state index contributed by atoms with van der Waals surface area (Å²) in [6.07, 6.45) is 2.55. The first-order valence-electron chi connectivity index (χ1n) is 11.3. The molecule has 0 saturated heterocycles. The maximum Gasteiger partial charge on any atom is 0.255 e. The third kappa shape index (κ3) is 4.34. The number of aromatic nitrogens is 4. The minimum Gasteiger partial charge on any atom is -0.497 e. The minimum absolute atomic E-state index is 0.0486. The quantitative estimate of drug-likeness (QED) is 0.461. The standard InChI is InChI=1S/C26H26N6O2/c1-18(19-7-4-3-5-8-19)28-25-27-14-13-23(30-25)31-15-6-16-32-24(33)17-22(29-26(31)32)20-9-11-21(34-2)12-10-20/h3-5,7-14,17-18H,6,15-16H2,1-2H3,(H,27,28,30)/t18-/m0/s1. The molecule has 0 saturated carbocycles. The Balaban J connectivity index is 1.47. The third-order valence-corrected chi connectivity index (χ3v) is 5.94. The fourth-order valence-corrected chi connectivity index (χ4v) is 4.11. The molecule has 0 aliphatic carbocycles. The second-order valence-electron chi connectivity index (χ2n) is 8.18. The normalized spacial score (nSPS) is 13.8. The van der Waals surface area contributed by atoms with Crippen LogP contribution in [0.1, 0.15) is 24.9 Å². The van der Waals surface area contributed by atoms with Crippen LogP contribution in [-0.4, -0.2) is 33.2 Å². The average molecular weight is 455 g/mol. The first-order valence-corrected chi connectivity index (χ1v) is 11.3. The van der Waals surface area contributed by atoms with Gasteiger partial charge >= 0.3 is 0 Å². The molecule has 0 amide bonds. The number of fused-ring (bicyclic) bond motifs is 1. The summed E-state index contributed by atoms with van der Waals surface area (Å²) < 4.78 is 6.95. The van der Waals surface area contributed by atoms with Crippen molar-refractivity contribution in [1.29, 1.82) is 0 Å². The van der Waals surface area contributed by atoms with E-state index in [9.17, 15) is 4.79 Å². The molecular formula is C26H26N6O2. The van der Waals surface area contributed by atoms with Crippen LogP contribution < -0.4 is 20.5 Å². The number of rotatable bonds is 6. The van der Waals surface area contributed by atoms with Gasteiger partial charge in [-0.15, -0.1) is 0 Å². The molecule has 0 bridgehead atoms. The number of hydrogen-bond acceptors (Lipinski definition) is 7. The Bertz CT molecular complexity index is 1340. The van der Waals surface area contributed by atoms with Gasteiger partial charge in [-0.3, -0.25) is 14.3 Å². The van der Waals surface area contributed by atoms with Gasteiger partial charge in [-0.1, -0.05) is 30.3 Å². The van der Waals surface area contributed by atoms with Gasteiger partial charge in [0.1, 0.15) is 11.6 Å². The van der Waals surface area contributed by atoms with E-state index in [0.717, 1.165) is 23.3 Å². The van der Waals surface area contributed by atoms with Crippen LogP contribution in [0.15, 0.2) is 77.7 Å². The van der Waals surface area contributed by atoms with Crippen LogP contribution in [0.3, 0.4) is 0 Å². The van der Waals surface area contributed by atoms with Gasteiger partial charge in [-0.25, -0.2) is 9.97 Å². The SMILES string of the molecule is COc1ccc(-c2cc(=O)n3c(n2)N(c2ccnc(N[C@@H](C)c4ccccc4)n2)CCC3)cc1. The molecule has 8 nitrogen and oxygen atoms in total. The lowest BCUT2D eigenvalue weighted by Gasteiger charge is -2.30. The molecule has 1 aliphatic heterocycles. The van der Waals surface area contributed by atoms with E-state index in [1.807, 2.05) is 53.4 Å². The number of benzene rings is 2. The van der Waals surface area contributed by atoms with E-state index in [1.54, 1.807) is 23.9 Å². The van der Waals surface area contributed by atoms with Crippen molar-refractivity contribution in [3.63, 3.8) is 0 Å². The fourth-order valence-electron chi connectivity index (χ4n) is 4.11. The number of methoxy groups -OCH3 is 1. The van der Waals surface area contributed by atoms with Crippen molar-refractivity contribution in [1.82, 2.24) is 19.5 Å². The summed E-state index contributed by atoms with van der Waals surface area (Å²) >= 11 is 0. The minimum atomic E-state index is -0.0781. The molecule has 3 heterocycles. The molecule has 1 aliphatic rings. The Morgan fingerprint density at radius 1 is 1.00 bits per heavy atom. The molecule has 0 radical (unpaired) electrons. The lowest BCUT2D eigenvalue weighted by molar-refractivity contribution is 0.415. The number of nitrogens with zero attached hydrogens (tertiary/aromatic N) is 5. The molecule has 2 aromatic carbocycles. The van der Waals surface area contributed by atoms with Gasteiger partial charge in [0.05, 0.1) is 18.8 Å². The molecule has 4 aromatic rings. The molecule has 0 fully saturated rings. The summed E-state index contributed by atoms with van der Waals surface area (Å²) in [7, 11) is 1.63. The van der Waals surface area contributed by atoms with Crippen molar-refractivity contribution in [2.45, 2.75) is 25.9 Å². The van der Waals surface area contributed by atoms with Crippen LogP contribution in [0, 0.1) is 0 Å². The van der Waals surface area contributed by atoms with Crippen molar-refractivity contribution in [2.75, 3.05) is 23.9 Å². The average Bonchev–Trinajstić information content (AvgIpc) is 2.89. The van der Waals surface area contributed by atoms with E-state index in [4.69, 9.17) is 14.7 Å². The van der Waals surface area contributed by atoms with Crippen LogP contribution in [0.5, 0.6) is 5.75 Å². The Morgan fingerprint density at radius 2 is 1.79 bits per heavy atom. The van der Waals surface area contributed by atoms with Gasteiger partial charge in [-0.05, 0) is 49.2 Å². The lowest BCUT2D eigenvalue weighted by Crippen LogP contribution is -2.36. The number of nitrogens with one attached hydrogen (secondary N) is 1. The molecular weight excluding hydrogens is 428 g/mol. The first-order chi connectivity index (χ1) is 16.6. The van der Waals surface area contributed by atoms with Gasteiger partial charge in [0.25, 0.3) is 5.56 Å². The fraction of sp³-hybridized carbons (Fsp3) is 0.231. The van der Waals surface area contributed by atoms with E-state index in [1.165, 1.54) is 0 Å². The maximum atomic E-state index is 13.0. The summed E-state index contributed by atoms with van der Waals surface area (Å²) in [5.74, 6) is 2.57. The van der Waals surface area contributed by atoms with Gasteiger partial charge in [-0.2, -0.15) is 4.98 Å². The molecule has 5 rings (SSSR count). The van der Waals surface area contributed by atoms with Gasteiger partial charge in [0.2, 0.25) is 11.9 Å². The highest BCUT2D eigenvalue weighted by Gasteiger charge is 2.23. The van der Waals surface area contributed by atoms with E-state index >= 15 is 0 Å². The zero-order valence-electron chi connectivity index (χ0n) is 19.2. The van der Waals surface area contributed by atoms with E-state index in [2.05, 4.69) is 29.4 Å². The molecule has 1 atom stereocenters. The number of ether oxygens (including phenoxy) is 1. The van der Waals surface area contributed by atoms with Crippen LogP contribution in [0.4, 0.5) is 17.7 Å². The highest BCUT2D eigenvalue weighted by Crippen LogP contribution is 2.29. The van der Waals surface area contributed by atoms with Crippen molar-refractivity contribution >= 4 is 17.7 Å². The molecule has 0 unspecified atom stereocenters. The molecule has 0 spiro atoms. The van der Waals surface area contributed by atoms with Crippen LogP contribution in [-0.2, 0) is 6.54 Å². The van der Waals surface area contributed by atoms with Gasteiger partial charge in [0, 0.05) is 30.9 Å². The topological polar surface area (TPSA) is 85.2 Å². The van der Waals surface area contributed by atoms with E-state index < -0.39 is 0 Å².